The number of carbonyl (C=O) groups excluding carboxylic acids is 2. The first-order valence-corrected chi connectivity index (χ1v) is 10.4. The van der Waals surface area contributed by atoms with Gasteiger partial charge in [0.2, 0.25) is 11.8 Å². The van der Waals surface area contributed by atoms with E-state index in [1.807, 2.05) is 0 Å². The van der Waals surface area contributed by atoms with Crippen molar-refractivity contribution in [3.05, 3.63) is 0 Å². The summed E-state index contributed by atoms with van der Waals surface area (Å²) in [5.41, 5.74) is 0. The van der Waals surface area contributed by atoms with Gasteiger partial charge in [-0.25, -0.2) is 0 Å². The first-order valence-electron chi connectivity index (χ1n) is 9.81. The predicted octanol–water partition coefficient (Wildman–Crippen LogP) is -6.45. The van der Waals surface area contributed by atoms with Gasteiger partial charge in [-0.15, -0.1) is 0 Å². The zero-order valence-electron chi connectivity index (χ0n) is 17.0. The smallest absolute Gasteiger partial charge is 0.243 e. The van der Waals surface area contributed by atoms with Crippen LogP contribution in [0.3, 0.4) is 0 Å². The van der Waals surface area contributed by atoms with E-state index in [2.05, 4.69) is 23.3 Å². The van der Waals surface area contributed by atoms with Gasteiger partial charge in [-0.1, -0.05) is 0 Å². The van der Waals surface area contributed by atoms with Gasteiger partial charge in [0.15, 0.2) is 6.29 Å². The van der Waals surface area contributed by atoms with Crippen LogP contribution in [0.15, 0.2) is 0 Å². The Hall–Kier alpha value is -1.11. The summed E-state index contributed by atoms with van der Waals surface area (Å²) < 4.78 is 10.8. The minimum Gasteiger partial charge on any atom is -0.394 e. The third kappa shape index (κ3) is 5.68. The average Bonchev–Trinajstić information content (AvgIpc) is 2.76. The topological polar surface area (TPSA) is 238 Å². The quantitative estimate of drug-likeness (QED) is 0.151. The SMILES string of the molecule is CC(=O)N[C@@H](CS)C(=O)NC1C(OC2C(O)C(O)C(O)C(O)C2O)OC(CO)C(O)C1O. The van der Waals surface area contributed by atoms with Gasteiger partial charge in [-0.2, -0.15) is 12.6 Å². The summed E-state index contributed by atoms with van der Waals surface area (Å²) in [5, 5.41) is 84.6. The Morgan fingerprint density at radius 2 is 1.47 bits per heavy atom. The van der Waals surface area contributed by atoms with Crippen LogP contribution < -0.4 is 10.6 Å². The minimum atomic E-state index is -1.91. The standard InChI is InChI=1S/C17H30N2O12S/c1-4(21)18-5(3-32)16(29)19-7-9(23)8(22)6(2-20)30-17(7)31-15-13(27)11(25)10(24)12(26)14(15)28/h5-15,17,20,22-28,32H,2-3H2,1H3,(H,18,21)(H,19,29)/t5-,6?,7?,8?,9?,10?,11?,12?,13?,14?,15?,17?/m0/s1. The molecule has 1 aliphatic carbocycles. The molecule has 32 heavy (non-hydrogen) atoms. The number of hydrogen-bond acceptors (Lipinski definition) is 13. The van der Waals surface area contributed by atoms with Crippen LogP contribution in [0.25, 0.3) is 0 Å². The van der Waals surface area contributed by atoms with E-state index in [4.69, 9.17) is 9.47 Å². The highest BCUT2D eigenvalue weighted by atomic mass is 32.1. The van der Waals surface area contributed by atoms with Crippen molar-refractivity contribution in [1.29, 1.82) is 0 Å². The fraction of sp³-hybridized carbons (Fsp3) is 0.882. The van der Waals surface area contributed by atoms with Gasteiger partial charge in [0.1, 0.15) is 67.0 Å². The van der Waals surface area contributed by atoms with Crippen molar-refractivity contribution in [3.63, 3.8) is 0 Å². The molecule has 10 atom stereocenters. The Morgan fingerprint density at radius 1 is 0.938 bits per heavy atom. The zero-order valence-corrected chi connectivity index (χ0v) is 17.9. The summed E-state index contributed by atoms with van der Waals surface area (Å²) in [6.45, 7) is 0.393. The van der Waals surface area contributed by atoms with Crippen LogP contribution in [0.4, 0.5) is 0 Å². The second kappa shape index (κ2) is 11.3. The van der Waals surface area contributed by atoms with Gasteiger partial charge < -0.3 is 61.0 Å². The van der Waals surface area contributed by atoms with E-state index >= 15 is 0 Å². The van der Waals surface area contributed by atoms with E-state index in [9.17, 15) is 50.4 Å². The number of ether oxygens (including phenoxy) is 2. The molecule has 9 unspecified atom stereocenters. The summed E-state index contributed by atoms with van der Waals surface area (Å²) in [6.07, 6.45) is -17.8. The maximum atomic E-state index is 12.6. The molecular formula is C17H30N2O12S. The number of aliphatic hydroxyl groups is 8. The van der Waals surface area contributed by atoms with Gasteiger partial charge in [0, 0.05) is 12.7 Å². The number of aliphatic hydroxyl groups excluding tert-OH is 8. The first-order chi connectivity index (χ1) is 14.9. The number of amides is 2. The Morgan fingerprint density at radius 3 is 1.94 bits per heavy atom. The van der Waals surface area contributed by atoms with Gasteiger partial charge in [-0.05, 0) is 0 Å². The third-order valence-electron chi connectivity index (χ3n) is 5.43. The van der Waals surface area contributed by atoms with Crippen LogP contribution in [0.1, 0.15) is 6.92 Å². The molecule has 10 N–H and O–H groups in total. The van der Waals surface area contributed by atoms with Crippen molar-refractivity contribution in [2.24, 2.45) is 0 Å². The number of nitrogens with one attached hydrogen (secondary N) is 2. The van der Waals surface area contributed by atoms with Crippen molar-refractivity contribution in [3.8, 4) is 0 Å². The molecule has 0 spiro atoms. The molecule has 14 nitrogen and oxygen atoms in total. The third-order valence-corrected chi connectivity index (χ3v) is 5.80. The lowest BCUT2D eigenvalue weighted by Crippen LogP contribution is -2.69. The summed E-state index contributed by atoms with van der Waals surface area (Å²) in [6, 6.07) is -2.68. The molecule has 0 radical (unpaired) electrons. The van der Waals surface area contributed by atoms with Crippen molar-refractivity contribution in [1.82, 2.24) is 10.6 Å². The van der Waals surface area contributed by atoms with E-state index in [-0.39, 0.29) is 5.75 Å². The minimum absolute atomic E-state index is 0.126. The van der Waals surface area contributed by atoms with Gasteiger partial charge >= 0.3 is 0 Å². The van der Waals surface area contributed by atoms with Crippen LogP contribution >= 0.6 is 12.6 Å². The van der Waals surface area contributed by atoms with Crippen molar-refractivity contribution >= 4 is 24.4 Å². The van der Waals surface area contributed by atoms with Gasteiger partial charge in [-0.3, -0.25) is 9.59 Å². The average molecular weight is 486 g/mol. The van der Waals surface area contributed by atoms with Crippen molar-refractivity contribution in [2.75, 3.05) is 12.4 Å². The largest absolute Gasteiger partial charge is 0.394 e. The van der Waals surface area contributed by atoms with E-state index in [1.165, 1.54) is 6.92 Å². The van der Waals surface area contributed by atoms with Crippen molar-refractivity contribution in [2.45, 2.75) is 80.2 Å². The van der Waals surface area contributed by atoms with Gasteiger partial charge in [0.25, 0.3) is 0 Å². The summed E-state index contributed by atoms with van der Waals surface area (Å²) in [7, 11) is 0. The van der Waals surface area contributed by atoms with E-state index in [1.54, 1.807) is 0 Å². The van der Waals surface area contributed by atoms with Crippen LogP contribution in [-0.4, -0.2) is 138 Å². The Kier molecular flexibility index (Phi) is 9.62. The number of rotatable bonds is 7. The van der Waals surface area contributed by atoms with Gasteiger partial charge in [0.05, 0.1) is 6.61 Å². The molecule has 1 saturated heterocycles. The second-order valence-corrected chi connectivity index (χ2v) is 8.10. The molecule has 1 heterocycles. The van der Waals surface area contributed by atoms with Crippen LogP contribution in [0.5, 0.6) is 0 Å². The predicted molar refractivity (Wildman–Crippen MR) is 106 cm³/mol. The molecule has 0 aromatic carbocycles. The second-order valence-electron chi connectivity index (χ2n) is 7.73. The maximum Gasteiger partial charge on any atom is 0.243 e. The molecule has 15 heteroatoms. The summed E-state index contributed by atoms with van der Waals surface area (Å²) in [4.78, 5) is 23.8. The van der Waals surface area contributed by atoms with Crippen LogP contribution in [-0.2, 0) is 19.1 Å². The van der Waals surface area contributed by atoms with Crippen LogP contribution in [0, 0.1) is 0 Å². The lowest BCUT2D eigenvalue weighted by atomic mass is 9.84. The molecule has 2 rings (SSSR count). The molecule has 186 valence electrons. The highest BCUT2D eigenvalue weighted by molar-refractivity contribution is 7.80. The zero-order chi connectivity index (χ0) is 24.3. The maximum absolute atomic E-state index is 12.6. The van der Waals surface area contributed by atoms with E-state index in [0.717, 1.165) is 0 Å². The molecule has 2 aliphatic rings. The number of thiol groups is 1. The fourth-order valence-electron chi connectivity index (χ4n) is 3.57. The Balaban J connectivity index is 2.27. The Bertz CT molecular complexity index is 643. The molecule has 2 amide bonds. The molecule has 2 fully saturated rings. The normalized spacial score (nSPS) is 43.4. The van der Waals surface area contributed by atoms with Crippen molar-refractivity contribution < 1.29 is 59.9 Å². The first kappa shape index (κ1) is 27.1. The molecular weight excluding hydrogens is 456 g/mol. The lowest BCUT2D eigenvalue weighted by molar-refractivity contribution is -0.319. The summed E-state index contributed by atoms with van der Waals surface area (Å²) >= 11 is 3.97. The molecule has 0 aromatic rings. The molecule has 0 aromatic heterocycles. The van der Waals surface area contributed by atoms with E-state index < -0.39 is 91.7 Å². The molecule has 1 aliphatic heterocycles. The summed E-state index contributed by atoms with van der Waals surface area (Å²) in [5.74, 6) is -1.51. The number of hydrogen-bond donors (Lipinski definition) is 11. The fourth-order valence-corrected chi connectivity index (χ4v) is 3.83. The highest BCUT2D eigenvalue weighted by Gasteiger charge is 2.53. The monoisotopic (exact) mass is 486 g/mol. The number of carbonyl (C=O) groups is 2. The Labute approximate surface area is 188 Å². The molecule has 1 saturated carbocycles. The van der Waals surface area contributed by atoms with E-state index in [0.29, 0.717) is 0 Å². The molecule has 0 bridgehead atoms. The lowest BCUT2D eigenvalue weighted by Gasteiger charge is -2.47. The van der Waals surface area contributed by atoms with Crippen LogP contribution in [0.2, 0.25) is 0 Å². The highest BCUT2D eigenvalue weighted by Crippen LogP contribution is 2.29.